The molecule has 1 N–H and O–H groups in total. The quantitative estimate of drug-likeness (QED) is 0.660. The van der Waals surface area contributed by atoms with E-state index in [1.807, 2.05) is 0 Å². The van der Waals surface area contributed by atoms with Crippen LogP contribution in [0.4, 0.5) is 0 Å². The Balaban J connectivity index is 2.50. The number of hydrogen-bond acceptors (Lipinski definition) is 3. The lowest BCUT2D eigenvalue weighted by Gasteiger charge is -2.40. The second kappa shape index (κ2) is 8.06. The Kier molecular flexibility index (Phi) is 7.09. The van der Waals surface area contributed by atoms with E-state index in [1.165, 1.54) is 25.8 Å². The smallest absolute Gasteiger partial charge is 0.0546 e. The van der Waals surface area contributed by atoms with E-state index < -0.39 is 0 Å². The fraction of sp³-hybridized carbons (Fsp3) is 1.00. The first-order valence-electron chi connectivity index (χ1n) is 7.27. The van der Waals surface area contributed by atoms with Crippen LogP contribution in [0.2, 0.25) is 0 Å². The van der Waals surface area contributed by atoms with Gasteiger partial charge in [-0.05, 0) is 38.9 Å². The molecule has 1 aliphatic heterocycles. The third-order valence-electron chi connectivity index (χ3n) is 3.78. The zero-order chi connectivity index (χ0) is 12.6. The molecule has 1 heterocycles. The fourth-order valence-electron chi connectivity index (χ4n) is 2.68. The molecule has 0 radical (unpaired) electrons. The molecule has 1 aliphatic rings. The van der Waals surface area contributed by atoms with E-state index >= 15 is 0 Å². The molecule has 1 fully saturated rings. The number of ether oxygens (including phenoxy) is 1. The van der Waals surface area contributed by atoms with Crippen LogP contribution in [-0.4, -0.2) is 50.8 Å². The van der Waals surface area contributed by atoms with Crippen LogP contribution in [0.15, 0.2) is 0 Å². The largest absolute Gasteiger partial charge is 0.381 e. The first-order chi connectivity index (χ1) is 8.26. The van der Waals surface area contributed by atoms with Gasteiger partial charge in [-0.1, -0.05) is 20.8 Å². The SMILES string of the molecule is CCCNCC1(CN(CC)CC)CCCOC1. The van der Waals surface area contributed by atoms with E-state index in [1.54, 1.807) is 0 Å². The summed E-state index contributed by atoms with van der Waals surface area (Å²) in [6.07, 6.45) is 3.73. The van der Waals surface area contributed by atoms with Crippen molar-refractivity contribution in [2.75, 3.05) is 45.9 Å². The molecule has 0 aliphatic carbocycles. The Morgan fingerprint density at radius 1 is 1.24 bits per heavy atom. The van der Waals surface area contributed by atoms with Gasteiger partial charge >= 0.3 is 0 Å². The van der Waals surface area contributed by atoms with E-state index in [0.717, 1.165) is 39.4 Å². The minimum absolute atomic E-state index is 0.347. The van der Waals surface area contributed by atoms with Crippen molar-refractivity contribution in [1.82, 2.24) is 10.2 Å². The molecule has 17 heavy (non-hydrogen) atoms. The summed E-state index contributed by atoms with van der Waals surface area (Å²) in [6, 6.07) is 0. The number of nitrogens with one attached hydrogen (secondary N) is 1. The van der Waals surface area contributed by atoms with Gasteiger partial charge in [0.2, 0.25) is 0 Å². The van der Waals surface area contributed by atoms with Crippen molar-refractivity contribution in [3.8, 4) is 0 Å². The lowest BCUT2D eigenvalue weighted by Crippen LogP contribution is -2.49. The number of hydrogen-bond donors (Lipinski definition) is 1. The highest BCUT2D eigenvalue weighted by molar-refractivity contribution is 4.87. The van der Waals surface area contributed by atoms with Gasteiger partial charge < -0.3 is 15.0 Å². The minimum atomic E-state index is 0.347. The van der Waals surface area contributed by atoms with Gasteiger partial charge in [0.25, 0.3) is 0 Å². The predicted molar refractivity (Wildman–Crippen MR) is 73.4 cm³/mol. The predicted octanol–water partition coefficient (Wildman–Crippen LogP) is 2.12. The molecule has 102 valence electrons. The van der Waals surface area contributed by atoms with Gasteiger partial charge in [0, 0.05) is 25.1 Å². The average Bonchev–Trinajstić information content (AvgIpc) is 2.37. The maximum absolute atomic E-state index is 5.74. The molecular formula is C14H30N2O. The third-order valence-corrected chi connectivity index (χ3v) is 3.78. The van der Waals surface area contributed by atoms with Crippen molar-refractivity contribution in [2.24, 2.45) is 5.41 Å². The Bertz CT molecular complexity index is 187. The van der Waals surface area contributed by atoms with Gasteiger partial charge in [0.15, 0.2) is 0 Å². The topological polar surface area (TPSA) is 24.5 Å². The monoisotopic (exact) mass is 242 g/mol. The number of nitrogens with zero attached hydrogens (tertiary/aromatic N) is 1. The van der Waals surface area contributed by atoms with E-state index in [2.05, 4.69) is 31.0 Å². The highest BCUT2D eigenvalue weighted by atomic mass is 16.5. The highest BCUT2D eigenvalue weighted by Crippen LogP contribution is 2.29. The Morgan fingerprint density at radius 3 is 2.53 bits per heavy atom. The first-order valence-corrected chi connectivity index (χ1v) is 7.27. The number of rotatable bonds is 8. The fourth-order valence-corrected chi connectivity index (χ4v) is 2.68. The maximum atomic E-state index is 5.74. The van der Waals surface area contributed by atoms with Crippen LogP contribution in [-0.2, 0) is 4.74 Å². The normalized spacial score (nSPS) is 25.4. The molecule has 0 spiro atoms. The van der Waals surface area contributed by atoms with Gasteiger partial charge in [0.1, 0.15) is 0 Å². The Hall–Kier alpha value is -0.120. The molecule has 1 atom stereocenters. The van der Waals surface area contributed by atoms with Crippen LogP contribution in [0.5, 0.6) is 0 Å². The van der Waals surface area contributed by atoms with E-state index in [4.69, 9.17) is 4.74 Å². The molecule has 0 aromatic rings. The van der Waals surface area contributed by atoms with Gasteiger partial charge in [-0.3, -0.25) is 0 Å². The zero-order valence-corrected chi connectivity index (χ0v) is 11.9. The van der Waals surface area contributed by atoms with Crippen LogP contribution < -0.4 is 5.32 Å². The van der Waals surface area contributed by atoms with Crippen molar-refractivity contribution < 1.29 is 4.74 Å². The summed E-state index contributed by atoms with van der Waals surface area (Å²) in [5.41, 5.74) is 0.347. The Morgan fingerprint density at radius 2 is 2.00 bits per heavy atom. The molecule has 0 bridgehead atoms. The molecule has 3 nitrogen and oxygen atoms in total. The lowest BCUT2D eigenvalue weighted by atomic mass is 9.81. The molecular weight excluding hydrogens is 212 g/mol. The average molecular weight is 242 g/mol. The van der Waals surface area contributed by atoms with Crippen molar-refractivity contribution >= 4 is 0 Å². The van der Waals surface area contributed by atoms with Crippen molar-refractivity contribution in [1.29, 1.82) is 0 Å². The van der Waals surface area contributed by atoms with Crippen LogP contribution in [0.3, 0.4) is 0 Å². The second-order valence-electron chi connectivity index (χ2n) is 5.29. The standard InChI is InChI=1S/C14H30N2O/c1-4-9-15-11-14(8-7-10-17-13-14)12-16(5-2)6-3/h15H,4-13H2,1-3H3. The summed E-state index contributed by atoms with van der Waals surface area (Å²) in [5.74, 6) is 0. The molecule has 0 aromatic heterocycles. The summed E-state index contributed by atoms with van der Waals surface area (Å²) >= 11 is 0. The van der Waals surface area contributed by atoms with Gasteiger partial charge in [-0.2, -0.15) is 0 Å². The van der Waals surface area contributed by atoms with E-state index in [9.17, 15) is 0 Å². The van der Waals surface area contributed by atoms with E-state index in [-0.39, 0.29) is 0 Å². The summed E-state index contributed by atoms with van der Waals surface area (Å²) < 4.78 is 5.74. The minimum Gasteiger partial charge on any atom is -0.381 e. The molecule has 0 saturated carbocycles. The van der Waals surface area contributed by atoms with Crippen molar-refractivity contribution in [3.05, 3.63) is 0 Å². The van der Waals surface area contributed by atoms with Crippen LogP contribution in [0, 0.1) is 5.41 Å². The third kappa shape index (κ3) is 4.94. The summed E-state index contributed by atoms with van der Waals surface area (Å²) in [7, 11) is 0. The molecule has 1 rings (SSSR count). The second-order valence-corrected chi connectivity index (χ2v) is 5.29. The molecule has 0 amide bonds. The molecule has 3 heteroatoms. The highest BCUT2D eigenvalue weighted by Gasteiger charge is 2.33. The zero-order valence-electron chi connectivity index (χ0n) is 11.9. The lowest BCUT2D eigenvalue weighted by molar-refractivity contribution is -0.0247. The van der Waals surface area contributed by atoms with E-state index in [0.29, 0.717) is 5.41 Å². The van der Waals surface area contributed by atoms with Gasteiger partial charge in [-0.15, -0.1) is 0 Å². The molecule has 0 aromatic carbocycles. The summed E-state index contributed by atoms with van der Waals surface area (Å²) in [5, 5.41) is 3.59. The van der Waals surface area contributed by atoms with Crippen LogP contribution in [0.1, 0.15) is 40.0 Å². The van der Waals surface area contributed by atoms with Crippen LogP contribution in [0.25, 0.3) is 0 Å². The Labute approximate surface area is 107 Å². The van der Waals surface area contributed by atoms with Crippen molar-refractivity contribution in [3.63, 3.8) is 0 Å². The first kappa shape index (κ1) is 14.9. The van der Waals surface area contributed by atoms with Crippen LogP contribution >= 0.6 is 0 Å². The summed E-state index contributed by atoms with van der Waals surface area (Å²) in [6.45, 7) is 14.3. The van der Waals surface area contributed by atoms with Crippen molar-refractivity contribution in [2.45, 2.75) is 40.0 Å². The summed E-state index contributed by atoms with van der Waals surface area (Å²) in [4.78, 5) is 2.53. The van der Waals surface area contributed by atoms with Gasteiger partial charge in [-0.25, -0.2) is 0 Å². The van der Waals surface area contributed by atoms with Gasteiger partial charge in [0.05, 0.1) is 6.61 Å². The maximum Gasteiger partial charge on any atom is 0.0546 e. The molecule has 1 unspecified atom stereocenters. The molecule has 1 saturated heterocycles.